The third-order valence-electron chi connectivity index (χ3n) is 6.00. The highest BCUT2D eigenvalue weighted by atomic mass is 16.5. The molecule has 0 radical (unpaired) electrons. The van der Waals surface area contributed by atoms with E-state index in [0.717, 1.165) is 51.4 Å². The van der Waals surface area contributed by atoms with Gasteiger partial charge in [0.1, 0.15) is 0 Å². The first-order valence-electron chi connectivity index (χ1n) is 9.95. The highest BCUT2D eigenvalue weighted by Crippen LogP contribution is 2.42. The van der Waals surface area contributed by atoms with Gasteiger partial charge in [-0.25, -0.2) is 0 Å². The van der Waals surface area contributed by atoms with E-state index in [1.54, 1.807) is 0 Å². The van der Waals surface area contributed by atoms with Gasteiger partial charge < -0.3 is 4.74 Å². The van der Waals surface area contributed by atoms with Crippen molar-refractivity contribution in [1.82, 2.24) is 0 Å². The molecule has 2 aromatic carbocycles. The van der Waals surface area contributed by atoms with Gasteiger partial charge in [0.15, 0.2) is 0 Å². The summed E-state index contributed by atoms with van der Waals surface area (Å²) in [4.78, 5) is 12.0. The second-order valence-electron chi connectivity index (χ2n) is 7.53. The molecule has 0 bridgehead atoms. The molecule has 3 rings (SSSR count). The van der Waals surface area contributed by atoms with Crippen LogP contribution in [-0.4, -0.2) is 13.1 Å². The topological polar surface area (TPSA) is 26.3 Å². The monoisotopic (exact) mass is 350 g/mol. The Balaban J connectivity index is 1.87. The smallest absolute Gasteiger partial charge is 0.308 e. The van der Waals surface area contributed by atoms with Gasteiger partial charge >= 0.3 is 5.97 Å². The minimum Gasteiger partial charge on any atom is -0.469 e. The minimum absolute atomic E-state index is 0.0250. The largest absolute Gasteiger partial charge is 0.469 e. The molecule has 2 nitrogen and oxygen atoms in total. The van der Waals surface area contributed by atoms with Crippen LogP contribution in [0.1, 0.15) is 62.5 Å². The summed E-state index contributed by atoms with van der Waals surface area (Å²) < 4.78 is 5.00. The number of benzene rings is 2. The molecule has 2 heteroatoms. The fourth-order valence-electron chi connectivity index (χ4n) is 4.57. The summed E-state index contributed by atoms with van der Waals surface area (Å²) in [6, 6.07) is 22.0. The zero-order chi connectivity index (χ0) is 18.2. The molecule has 1 aliphatic rings. The Morgan fingerprint density at radius 2 is 1.27 bits per heavy atom. The fraction of sp³-hybridized carbons (Fsp3) is 0.458. The molecule has 0 unspecified atom stereocenters. The summed E-state index contributed by atoms with van der Waals surface area (Å²) in [6.07, 6.45) is 8.61. The number of carbonyl (C=O) groups excluding carboxylic acids is 1. The minimum atomic E-state index is -0.0250. The molecule has 0 amide bonds. The van der Waals surface area contributed by atoms with Gasteiger partial charge in [-0.15, -0.1) is 0 Å². The van der Waals surface area contributed by atoms with Crippen LogP contribution in [0.25, 0.3) is 0 Å². The first-order chi connectivity index (χ1) is 12.8. The second kappa shape index (κ2) is 9.02. The quantitative estimate of drug-likeness (QED) is 0.645. The molecule has 0 spiro atoms. The number of ether oxygens (including phenoxy) is 1. The number of carbonyl (C=O) groups is 1. The highest BCUT2D eigenvalue weighted by Gasteiger charge is 2.34. The van der Waals surface area contributed by atoms with Crippen molar-refractivity contribution in [2.75, 3.05) is 7.11 Å². The van der Waals surface area contributed by atoms with Gasteiger partial charge in [-0.3, -0.25) is 4.79 Å². The van der Waals surface area contributed by atoms with E-state index in [2.05, 4.69) is 60.7 Å². The lowest BCUT2D eigenvalue weighted by molar-refractivity contribution is -0.146. The molecule has 2 aromatic rings. The summed E-state index contributed by atoms with van der Waals surface area (Å²) in [5.74, 6) is 0.0592. The predicted octanol–water partition coefficient (Wildman–Crippen LogP) is 5.90. The van der Waals surface area contributed by atoms with Crippen LogP contribution in [0.15, 0.2) is 60.7 Å². The van der Waals surface area contributed by atoms with Crippen molar-refractivity contribution in [1.29, 1.82) is 0 Å². The van der Waals surface area contributed by atoms with Gasteiger partial charge in [0.2, 0.25) is 0 Å². The molecular formula is C24H30O2. The second-order valence-corrected chi connectivity index (χ2v) is 7.53. The molecule has 1 saturated carbocycles. The molecule has 0 aromatic heterocycles. The third-order valence-corrected chi connectivity index (χ3v) is 6.00. The Hall–Kier alpha value is -2.09. The predicted molar refractivity (Wildman–Crippen MR) is 106 cm³/mol. The van der Waals surface area contributed by atoms with E-state index in [9.17, 15) is 4.79 Å². The normalized spacial score (nSPS) is 18.8. The summed E-state index contributed by atoms with van der Waals surface area (Å²) >= 11 is 0. The van der Waals surface area contributed by atoms with E-state index in [1.807, 2.05) is 0 Å². The molecule has 0 atom stereocenters. The Labute approximate surface area is 157 Å². The van der Waals surface area contributed by atoms with Crippen molar-refractivity contribution < 1.29 is 9.53 Å². The van der Waals surface area contributed by atoms with Crippen molar-refractivity contribution >= 4 is 5.97 Å². The van der Waals surface area contributed by atoms with Gasteiger partial charge in [0.25, 0.3) is 0 Å². The maximum absolute atomic E-state index is 12.0. The van der Waals surface area contributed by atoms with Gasteiger partial charge in [-0.1, -0.05) is 86.3 Å². The van der Waals surface area contributed by atoms with E-state index >= 15 is 0 Å². The Morgan fingerprint density at radius 3 is 1.69 bits per heavy atom. The highest BCUT2D eigenvalue weighted by molar-refractivity contribution is 5.72. The average Bonchev–Trinajstić information content (AvgIpc) is 2.72. The van der Waals surface area contributed by atoms with E-state index < -0.39 is 0 Å². The zero-order valence-corrected chi connectivity index (χ0v) is 15.8. The number of esters is 1. The van der Waals surface area contributed by atoms with Crippen LogP contribution in [0.2, 0.25) is 0 Å². The first-order valence-corrected chi connectivity index (χ1v) is 9.95. The van der Waals surface area contributed by atoms with Crippen molar-refractivity contribution in [3.8, 4) is 0 Å². The van der Waals surface area contributed by atoms with Crippen LogP contribution >= 0.6 is 0 Å². The molecule has 0 saturated heterocycles. The molecular weight excluding hydrogens is 320 g/mol. The summed E-state index contributed by atoms with van der Waals surface area (Å²) in [5, 5.41) is 0. The van der Waals surface area contributed by atoms with Gasteiger partial charge in [0, 0.05) is 5.41 Å². The van der Waals surface area contributed by atoms with Crippen LogP contribution in [-0.2, 0) is 14.9 Å². The van der Waals surface area contributed by atoms with Crippen LogP contribution in [0.5, 0.6) is 0 Å². The lowest BCUT2D eigenvalue weighted by Gasteiger charge is -2.36. The molecule has 1 fully saturated rings. The maximum Gasteiger partial charge on any atom is 0.308 e. The van der Waals surface area contributed by atoms with Crippen molar-refractivity contribution in [3.63, 3.8) is 0 Å². The van der Waals surface area contributed by atoms with Gasteiger partial charge in [0.05, 0.1) is 13.0 Å². The molecule has 138 valence electrons. The SMILES string of the molecule is COC(=O)C1CCCCC(c2ccccc2)(c2ccccc2)CCCC1. The first kappa shape index (κ1) is 18.7. The van der Waals surface area contributed by atoms with Crippen LogP contribution in [0, 0.1) is 5.92 Å². The zero-order valence-electron chi connectivity index (χ0n) is 15.8. The summed E-state index contributed by atoms with van der Waals surface area (Å²) in [7, 11) is 1.51. The lowest BCUT2D eigenvalue weighted by atomic mass is 9.67. The molecule has 26 heavy (non-hydrogen) atoms. The van der Waals surface area contributed by atoms with E-state index in [-0.39, 0.29) is 17.3 Å². The lowest BCUT2D eigenvalue weighted by Crippen LogP contribution is -2.29. The molecule has 0 N–H and O–H groups in total. The molecule has 0 heterocycles. The average molecular weight is 351 g/mol. The van der Waals surface area contributed by atoms with E-state index in [4.69, 9.17) is 4.74 Å². The van der Waals surface area contributed by atoms with E-state index in [1.165, 1.54) is 18.2 Å². The van der Waals surface area contributed by atoms with Gasteiger partial charge in [-0.05, 0) is 36.8 Å². The number of hydrogen-bond donors (Lipinski definition) is 0. The van der Waals surface area contributed by atoms with Crippen molar-refractivity contribution in [2.24, 2.45) is 5.92 Å². The Morgan fingerprint density at radius 1 is 0.808 bits per heavy atom. The number of hydrogen-bond acceptors (Lipinski definition) is 2. The Bertz CT molecular complexity index is 624. The summed E-state index contributed by atoms with van der Waals surface area (Å²) in [6.45, 7) is 0. The number of rotatable bonds is 3. The van der Waals surface area contributed by atoms with Crippen LogP contribution in [0.4, 0.5) is 0 Å². The molecule has 1 aliphatic carbocycles. The molecule has 0 aliphatic heterocycles. The number of methoxy groups -OCH3 is 1. The van der Waals surface area contributed by atoms with Crippen molar-refractivity contribution in [3.05, 3.63) is 71.8 Å². The van der Waals surface area contributed by atoms with E-state index in [0.29, 0.717) is 0 Å². The van der Waals surface area contributed by atoms with Crippen molar-refractivity contribution in [2.45, 2.75) is 56.8 Å². The van der Waals surface area contributed by atoms with Gasteiger partial charge in [-0.2, -0.15) is 0 Å². The van der Waals surface area contributed by atoms with Crippen LogP contribution in [0.3, 0.4) is 0 Å². The Kier molecular flexibility index (Phi) is 6.49. The third kappa shape index (κ3) is 4.17. The van der Waals surface area contributed by atoms with Crippen LogP contribution < -0.4 is 0 Å². The fourth-order valence-corrected chi connectivity index (χ4v) is 4.57. The maximum atomic E-state index is 12.0. The standard InChI is InChI=1S/C24H30O2/c1-26-23(25)20-12-8-10-18-24(19-11-9-13-20,21-14-4-2-5-15-21)22-16-6-3-7-17-22/h2-7,14-17,20H,8-13,18-19H2,1H3. The summed E-state index contributed by atoms with van der Waals surface area (Å²) in [5.41, 5.74) is 2.94.